The Balaban J connectivity index is 1.91. The number of sulfonamides is 1. The number of carbonyl (C=O) groups is 1. The highest BCUT2D eigenvalue weighted by Gasteiger charge is 2.24. The number of amides is 1. The number of hydrogen-bond donors (Lipinski definition) is 1. The van der Waals surface area contributed by atoms with Crippen molar-refractivity contribution >= 4 is 27.3 Å². The van der Waals surface area contributed by atoms with Crippen molar-refractivity contribution in [2.24, 2.45) is 7.05 Å². The number of pyridine rings is 1. The zero-order valence-electron chi connectivity index (χ0n) is 13.2. The number of rotatable bonds is 4. The van der Waals surface area contributed by atoms with Crippen LogP contribution in [-0.4, -0.2) is 28.9 Å². The first-order valence-corrected chi connectivity index (χ1v) is 9.41. The number of carbonyl (C=O) groups excluding carboxylic acids is 1. The number of nitrogens with zero attached hydrogens (tertiary/aromatic N) is 3. The molecule has 3 heterocycles. The van der Waals surface area contributed by atoms with Gasteiger partial charge in [0, 0.05) is 19.4 Å². The molecule has 0 aliphatic rings. The van der Waals surface area contributed by atoms with E-state index in [2.05, 4.69) is 9.97 Å². The van der Waals surface area contributed by atoms with E-state index < -0.39 is 21.7 Å². The molecule has 0 aliphatic heterocycles. The van der Waals surface area contributed by atoms with Gasteiger partial charge in [0.2, 0.25) is 0 Å². The van der Waals surface area contributed by atoms with Crippen molar-refractivity contribution in [1.29, 1.82) is 0 Å². The summed E-state index contributed by atoms with van der Waals surface area (Å²) in [6.07, 6.45) is 2.71. The molecule has 0 aliphatic carbocycles. The van der Waals surface area contributed by atoms with Gasteiger partial charge in [-0.2, -0.15) is 0 Å². The van der Waals surface area contributed by atoms with Crippen LogP contribution >= 0.6 is 11.3 Å². The molecule has 1 N–H and O–H groups in total. The third-order valence-corrected chi connectivity index (χ3v) is 6.38. The minimum absolute atomic E-state index is 0.0268. The lowest BCUT2D eigenvalue weighted by atomic mass is 10.3. The summed E-state index contributed by atoms with van der Waals surface area (Å²) < 4.78 is 41.9. The topological polar surface area (TPSA) is 94.0 Å². The van der Waals surface area contributed by atoms with Crippen LogP contribution in [0, 0.1) is 12.7 Å². The van der Waals surface area contributed by atoms with Crippen LogP contribution in [0.3, 0.4) is 0 Å². The van der Waals surface area contributed by atoms with E-state index in [1.165, 1.54) is 29.1 Å². The molecule has 1 amide bonds. The second-order valence-electron chi connectivity index (χ2n) is 5.22. The average molecular weight is 380 g/mol. The van der Waals surface area contributed by atoms with Gasteiger partial charge in [-0.1, -0.05) is 0 Å². The Morgan fingerprint density at radius 2 is 2.12 bits per heavy atom. The van der Waals surface area contributed by atoms with Crippen LogP contribution in [0.15, 0.2) is 40.2 Å². The predicted molar refractivity (Wildman–Crippen MR) is 90.1 cm³/mol. The molecule has 0 spiro atoms. The SMILES string of the molecule is Cc1ccsc1S(=O)(=O)NC(=O)c1cn(C)c(-c2ncccc2F)n1. The molecule has 0 atom stereocenters. The summed E-state index contributed by atoms with van der Waals surface area (Å²) in [6, 6.07) is 4.30. The predicted octanol–water partition coefficient (Wildman–Crippen LogP) is 2.11. The fourth-order valence-corrected chi connectivity index (χ4v) is 4.58. The molecule has 7 nitrogen and oxygen atoms in total. The van der Waals surface area contributed by atoms with Crippen LogP contribution in [0.25, 0.3) is 11.5 Å². The highest BCUT2D eigenvalue weighted by Crippen LogP contribution is 2.22. The molecule has 10 heteroatoms. The molecule has 0 fully saturated rings. The van der Waals surface area contributed by atoms with Gasteiger partial charge in [-0.3, -0.25) is 4.79 Å². The smallest absolute Gasteiger partial charge is 0.285 e. The van der Waals surface area contributed by atoms with Crippen molar-refractivity contribution in [3.8, 4) is 11.5 Å². The van der Waals surface area contributed by atoms with Crippen molar-refractivity contribution < 1.29 is 17.6 Å². The third-order valence-electron chi connectivity index (χ3n) is 3.37. The standard InChI is InChI=1S/C15H13FN4O3S2/c1-9-5-7-24-15(9)25(22,23)19-14(21)11-8-20(2)13(18-11)12-10(16)4-3-6-17-12/h3-8H,1-2H3,(H,19,21). The maximum atomic E-state index is 13.9. The molecule has 0 saturated carbocycles. The van der Waals surface area contributed by atoms with E-state index in [9.17, 15) is 17.6 Å². The van der Waals surface area contributed by atoms with Gasteiger partial charge in [0.15, 0.2) is 11.6 Å². The molecule has 0 saturated heterocycles. The molecule has 0 unspecified atom stereocenters. The van der Waals surface area contributed by atoms with Gasteiger partial charge in [0.25, 0.3) is 15.9 Å². The zero-order valence-corrected chi connectivity index (χ0v) is 14.9. The van der Waals surface area contributed by atoms with Crippen LogP contribution in [0.1, 0.15) is 16.1 Å². The maximum Gasteiger partial charge on any atom is 0.285 e. The maximum absolute atomic E-state index is 13.9. The normalized spacial score (nSPS) is 11.5. The largest absolute Gasteiger partial charge is 0.332 e. The molecule has 130 valence electrons. The number of halogens is 1. The summed E-state index contributed by atoms with van der Waals surface area (Å²) in [7, 11) is -2.43. The summed E-state index contributed by atoms with van der Waals surface area (Å²) in [5, 5.41) is 1.62. The average Bonchev–Trinajstić information content (AvgIpc) is 3.14. The van der Waals surface area contributed by atoms with Crippen molar-refractivity contribution in [3.05, 3.63) is 53.0 Å². The van der Waals surface area contributed by atoms with Crippen molar-refractivity contribution in [1.82, 2.24) is 19.3 Å². The molecule has 0 aromatic carbocycles. The third kappa shape index (κ3) is 3.30. The molecular weight excluding hydrogens is 367 g/mol. The lowest BCUT2D eigenvalue weighted by Crippen LogP contribution is -2.30. The summed E-state index contributed by atoms with van der Waals surface area (Å²) in [6.45, 7) is 1.64. The van der Waals surface area contributed by atoms with Crippen LogP contribution in [0.5, 0.6) is 0 Å². The molecule has 0 radical (unpaired) electrons. The van der Waals surface area contributed by atoms with Gasteiger partial charge in [-0.15, -0.1) is 11.3 Å². The first kappa shape index (κ1) is 17.2. The lowest BCUT2D eigenvalue weighted by molar-refractivity contribution is 0.0977. The van der Waals surface area contributed by atoms with Gasteiger partial charge in [0.05, 0.1) is 0 Å². The van der Waals surface area contributed by atoms with Gasteiger partial charge >= 0.3 is 0 Å². The van der Waals surface area contributed by atoms with Gasteiger partial charge < -0.3 is 4.57 Å². The van der Waals surface area contributed by atoms with E-state index in [1.807, 2.05) is 4.72 Å². The molecular formula is C15H13FN4O3S2. The molecule has 3 aromatic rings. The van der Waals surface area contributed by atoms with E-state index in [-0.39, 0.29) is 21.4 Å². The molecule has 3 aromatic heterocycles. The van der Waals surface area contributed by atoms with Crippen LogP contribution in [0.2, 0.25) is 0 Å². The van der Waals surface area contributed by atoms with E-state index >= 15 is 0 Å². The van der Waals surface area contributed by atoms with E-state index in [0.29, 0.717) is 5.56 Å². The fourth-order valence-electron chi connectivity index (χ4n) is 2.20. The van der Waals surface area contributed by atoms with Crippen molar-refractivity contribution in [2.75, 3.05) is 0 Å². The quantitative estimate of drug-likeness (QED) is 0.748. The second kappa shape index (κ2) is 6.37. The van der Waals surface area contributed by atoms with E-state index in [1.54, 1.807) is 25.4 Å². The lowest BCUT2D eigenvalue weighted by Gasteiger charge is -2.04. The first-order valence-electron chi connectivity index (χ1n) is 7.05. The van der Waals surface area contributed by atoms with Crippen molar-refractivity contribution in [3.63, 3.8) is 0 Å². The highest BCUT2D eigenvalue weighted by atomic mass is 32.2. The summed E-state index contributed by atoms with van der Waals surface area (Å²) >= 11 is 1.01. The summed E-state index contributed by atoms with van der Waals surface area (Å²) in [4.78, 5) is 20.2. The van der Waals surface area contributed by atoms with E-state index in [0.717, 1.165) is 11.3 Å². The van der Waals surface area contributed by atoms with Crippen LogP contribution in [0.4, 0.5) is 4.39 Å². The molecule has 25 heavy (non-hydrogen) atoms. The van der Waals surface area contributed by atoms with Crippen LogP contribution < -0.4 is 4.72 Å². The Bertz CT molecular complexity index is 1060. The van der Waals surface area contributed by atoms with Crippen molar-refractivity contribution in [2.45, 2.75) is 11.1 Å². The minimum Gasteiger partial charge on any atom is -0.332 e. The fraction of sp³-hybridized carbons (Fsp3) is 0.133. The Morgan fingerprint density at radius 1 is 1.36 bits per heavy atom. The number of imidazole rings is 1. The van der Waals surface area contributed by atoms with Gasteiger partial charge in [0.1, 0.15) is 15.6 Å². The summed E-state index contributed by atoms with van der Waals surface area (Å²) in [5.74, 6) is -1.37. The minimum atomic E-state index is -3.99. The number of aryl methyl sites for hydroxylation is 2. The Morgan fingerprint density at radius 3 is 2.76 bits per heavy atom. The Hall–Kier alpha value is -2.59. The monoisotopic (exact) mass is 380 g/mol. The van der Waals surface area contributed by atoms with Crippen LogP contribution in [-0.2, 0) is 17.1 Å². The Labute approximate surface area is 147 Å². The molecule has 0 bridgehead atoms. The second-order valence-corrected chi connectivity index (χ2v) is 8.01. The van der Waals surface area contributed by atoms with E-state index in [4.69, 9.17) is 0 Å². The highest BCUT2D eigenvalue weighted by molar-refractivity contribution is 7.92. The number of nitrogens with one attached hydrogen (secondary N) is 1. The number of aromatic nitrogens is 3. The van der Waals surface area contributed by atoms with Gasteiger partial charge in [-0.05, 0) is 36.1 Å². The molecule has 3 rings (SSSR count). The Kier molecular flexibility index (Phi) is 4.39. The van der Waals surface area contributed by atoms with Gasteiger partial charge in [-0.25, -0.2) is 27.5 Å². The first-order chi connectivity index (χ1) is 11.8. The number of hydrogen-bond acceptors (Lipinski definition) is 6. The zero-order chi connectivity index (χ0) is 18.2. The number of thiophene rings is 1. The summed E-state index contributed by atoms with van der Waals surface area (Å²) in [5.41, 5.74) is 0.365.